The van der Waals surface area contributed by atoms with E-state index >= 15 is 0 Å². The first-order valence-corrected chi connectivity index (χ1v) is 7.96. The molecular formula is C18H17ClN2O3. The number of carbonyl (C=O) groups is 2. The molecular weight excluding hydrogens is 328 g/mol. The van der Waals surface area contributed by atoms with Crippen molar-refractivity contribution in [3.05, 3.63) is 65.2 Å². The van der Waals surface area contributed by atoms with Crippen LogP contribution in [0.4, 0.5) is 4.79 Å². The van der Waals surface area contributed by atoms with E-state index in [0.717, 1.165) is 5.56 Å². The molecule has 0 aromatic heterocycles. The lowest BCUT2D eigenvalue weighted by atomic mass is 9.92. The maximum atomic E-state index is 12.7. The highest BCUT2D eigenvalue weighted by Gasteiger charge is 2.48. The second kappa shape index (κ2) is 6.53. The van der Waals surface area contributed by atoms with E-state index in [-0.39, 0.29) is 19.1 Å². The molecule has 0 spiro atoms. The van der Waals surface area contributed by atoms with Gasteiger partial charge in [0.15, 0.2) is 0 Å². The molecule has 6 heteroatoms. The number of ether oxygens (including phenoxy) is 1. The summed E-state index contributed by atoms with van der Waals surface area (Å²) in [6, 6.07) is 15.7. The fraction of sp³-hybridized carbons (Fsp3) is 0.222. The topological polar surface area (TPSA) is 58.6 Å². The van der Waals surface area contributed by atoms with Crippen LogP contribution in [0.2, 0.25) is 5.02 Å². The van der Waals surface area contributed by atoms with Crippen molar-refractivity contribution in [3.63, 3.8) is 0 Å². The van der Waals surface area contributed by atoms with Gasteiger partial charge in [0.05, 0.1) is 6.54 Å². The van der Waals surface area contributed by atoms with E-state index in [1.807, 2.05) is 30.3 Å². The molecule has 1 N–H and O–H groups in total. The fourth-order valence-electron chi connectivity index (χ4n) is 2.65. The van der Waals surface area contributed by atoms with Crippen LogP contribution in [0, 0.1) is 0 Å². The van der Waals surface area contributed by atoms with Gasteiger partial charge in [-0.2, -0.15) is 0 Å². The quantitative estimate of drug-likeness (QED) is 0.847. The van der Waals surface area contributed by atoms with Gasteiger partial charge in [0.1, 0.15) is 17.9 Å². The van der Waals surface area contributed by atoms with Gasteiger partial charge in [-0.15, -0.1) is 0 Å². The molecule has 0 unspecified atom stereocenters. The Morgan fingerprint density at radius 1 is 1.08 bits per heavy atom. The van der Waals surface area contributed by atoms with Crippen LogP contribution in [0.3, 0.4) is 0 Å². The zero-order valence-corrected chi connectivity index (χ0v) is 13.9. The first kappa shape index (κ1) is 16.3. The second-order valence-electron chi connectivity index (χ2n) is 5.68. The molecule has 1 atom stereocenters. The second-order valence-corrected chi connectivity index (χ2v) is 6.12. The summed E-state index contributed by atoms with van der Waals surface area (Å²) in [6.45, 7) is 2.10. The van der Waals surface area contributed by atoms with E-state index in [4.69, 9.17) is 16.3 Å². The van der Waals surface area contributed by atoms with E-state index < -0.39 is 11.6 Å². The number of imide groups is 1. The summed E-state index contributed by atoms with van der Waals surface area (Å²) in [5.74, 6) is 0.357. The Morgan fingerprint density at radius 2 is 1.75 bits per heavy atom. The van der Waals surface area contributed by atoms with Crippen molar-refractivity contribution in [3.8, 4) is 5.75 Å². The summed E-state index contributed by atoms with van der Waals surface area (Å²) in [5, 5.41) is 3.39. The Morgan fingerprint density at radius 3 is 2.42 bits per heavy atom. The number of halogens is 1. The number of nitrogens with one attached hydrogen (secondary N) is 1. The average molecular weight is 345 g/mol. The molecule has 0 bridgehead atoms. The largest absolute Gasteiger partial charge is 0.492 e. The minimum Gasteiger partial charge on any atom is -0.492 e. The Hall–Kier alpha value is -2.53. The van der Waals surface area contributed by atoms with E-state index in [1.54, 1.807) is 31.2 Å². The van der Waals surface area contributed by atoms with E-state index in [2.05, 4.69) is 5.32 Å². The molecule has 0 aliphatic carbocycles. The zero-order valence-electron chi connectivity index (χ0n) is 13.2. The number of urea groups is 1. The maximum absolute atomic E-state index is 12.7. The van der Waals surface area contributed by atoms with Gasteiger partial charge in [0, 0.05) is 5.02 Å². The standard InChI is InChI=1S/C18H17ClN2O3/c1-18(13-5-3-2-4-6-13)16(22)21(17(23)20-18)11-12-24-15-9-7-14(19)8-10-15/h2-10H,11-12H2,1H3,(H,20,23)/t18-/m0/s1. The molecule has 2 aromatic carbocycles. The Bertz CT molecular complexity index is 749. The molecule has 1 heterocycles. The number of hydrogen-bond acceptors (Lipinski definition) is 3. The van der Waals surface area contributed by atoms with E-state index in [9.17, 15) is 9.59 Å². The van der Waals surface area contributed by atoms with Crippen LogP contribution in [0.25, 0.3) is 0 Å². The van der Waals surface area contributed by atoms with Gasteiger partial charge < -0.3 is 10.1 Å². The minimum absolute atomic E-state index is 0.176. The summed E-state index contributed by atoms with van der Waals surface area (Å²) in [4.78, 5) is 26.1. The third-order valence-corrected chi connectivity index (χ3v) is 4.28. The highest BCUT2D eigenvalue weighted by Crippen LogP contribution is 2.28. The summed E-state index contributed by atoms with van der Waals surface area (Å²) in [7, 11) is 0. The van der Waals surface area contributed by atoms with Gasteiger partial charge in [-0.1, -0.05) is 41.9 Å². The van der Waals surface area contributed by atoms with Crippen molar-refractivity contribution in [2.75, 3.05) is 13.2 Å². The SMILES string of the molecule is C[C@@]1(c2ccccc2)NC(=O)N(CCOc2ccc(Cl)cc2)C1=O. The number of amides is 3. The maximum Gasteiger partial charge on any atom is 0.325 e. The Kier molecular flexibility index (Phi) is 4.44. The van der Waals surface area contributed by atoms with Crippen LogP contribution >= 0.6 is 11.6 Å². The fourth-order valence-corrected chi connectivity index (χ4v) is 2.78. The van der Waals surface area contributed by atoms with Crippen LogP contribution in [0.5, 0.6) is 5.75 Å². The van der Waals surface area contributed by atoms with Crippen LogP contribution in [0.15, 0.2) is 54.6 Å². The number of nitrogens with zero attached hydrogens (tertiary/aromatic N) is 1. The lowest BCUT2D eigenvalue weighted by molar-refractivity contribution is -0.131. The lowest BCUT2D eigenvalue weighted by Gasteiger charge is -2.22. The molecule has 1 aliphatic heterocycles. The Labute approximate surface area is 145 Å². The predicted molar refractivity (Wildman–Crippen MR) is 91.0 cm³/mol. The first-order chi connectivity index (χ1) is 11.5. The van der Waals surface area contributed by atoms with Gasteiger partial charge in [0.2, 0.25) is 0 Å². The highest BCUT2D eigenvalue weighted by atomic mass is 35.5. The van der Waals surface area contributed by atoms with Crippen LogP contribution < -0.4 is 10.1 Å². The molecule has 0 radical (unpaired) electrons. The van der Waals surface area contributed by atoms with Crippen molar-refractivity contribution in [1.82, 2.24) is 10.2 Å². The highest BCUT2D eigenvalue weighted by molar-refractivity contribution is 6.30. The molecule has 1 aliphatic rings. The molecule has 3 rings (SSSR count). The molecule has 24 heavy (non-hydrogen) atoms. The average Bonchev–Trinajstić information content (AvgIpc) is 2.81. The summed E-state index contributed by atoms with van der Waals surface area (Å²) in [6.07, 6.45) is 0. The minimum atomic E-state index is -1.04. The third kappa shape index (κ3) is 3.08. The van der Waals surface area contributed by atoms with Gasteiger partial charge in [-0.3, -0.25) is 9.69 Å². The lowest BCUT2D eigenvalue weighted by Crippen LogP contribution is -2.41. The number of benzene rings is 2. The Balaban J connectivity index is 1.65. The van der Waals surface area contributed by atoms with Crippen molar-refractivity contribution in [2.45, 2.75) is 12.5 Å². The molecule has 1 saturated heterocycles. The van der Waals surface area contributed by atoms with Crippen LogP contribution in [-0.2, 0) is 10.3 Å². The molecule has 3 amide bonds. The normalized spacial score (nSPS) is 20.2. The number of carbonyl (C=O) groups excluding carboxylic acids is 2. The van der Waals surface area contributed by atoms with Gasteiger partial charge in [-0.05, 0) is 36.8 Å². The predicted octanol–water partition coefficient (Wildman–Crippen LogP) is 3.19. The first-order valence-electron chi connectivity index (χ1n) is 7.59. The van der Waals surface area contributed by atoms with Crippen molar-refractivity contribution >= 4 is 23.5 Å². The van der Waals surface area contributed by atoms with Crippen LogP contribution in [-0.4, -0.2) is 30.0 Å². The zero-order chi connectivity index (χ0) is 17.2. The van der Waals surface area contributed by atoms with Crippen molar-refractivity contribution in [1.29, 1.82) is 0 Å². The summed E-state index contributed by atoms with van der Waals surface area (Å²) in [5.41, 5.74) is -0.289. The molecule has 1 fully saturated rings. The molecule has 2 aromatic rings. The molecule has 124 valence electrons. The number of hydrogen-bond donors (Lipinski definition) is 1. The third-order valence-electron chi connectivity index (χ3n) is 4.02. The van der Waals surface area contributed by atoms with Gasteiger partial charge >= 0.3 is 6.03 Å². The van der Waals surface area contributed by atoms with Gasteiger partial charge in [-0.25, -0.2) is 4.79 Å². The summed E-state index contributed by atoms with van der Waals surface area (Å²) >= 11 is 5.82. The summed E-state index contributed by atoms with van der Waals surface area (Å²) < 4.78 is 5.56. The molecule has 0 saturated carbocycles. The van der Waals surface area contributed by atoms with Gasteiger partial charge in [0.25, 0.3) is 5.91 Å². The van der Waals surface area contributed by atoms with Crippen molar-refractivity contribution in [2.24, 2.45) is 0 Å². The molecule has 5 nitrogen and oxygen atoms in total. The number of rotatable bonds is 5. The monoisotopic (exact) mass is 344 g/mol. The van der Waals surface area contributed by atoms with Crippen molar-refractivity contribution < 1.29 is 14.3 Å². The van der Waals surface area contributed by atoms with Crippen LogP contribution in [0.1, 0.15) is 12.5 Å². The van der Waals surface area contributed by atoms with E-state index in [1.165, 1.54) is 4.90 Å². The smallest absolute Gasteiger partial charge is 0.325 e. The van der Waals surface area contributed by atoms with E-state index in [0.29, 0.717) is 10.8 Å².